The third-order valence-corrected chi connectivity index (χ3v) is 4.95. The first-order valence-corrected chi connectivity index (χ1v) is 9.74. The molecule has 1 aliphatic heterocycles. The molecule has 1 saturated heterocycles. The van der Waals surface area contributed by atoms with E-state index in [-0.39, 0.29) is 11.9 Å². The largest absolute Gasteiger partial charge is 0.457 e. The Hall–Kier alpha value is -3.16. The lowest BCUT2D eigenvalue weighted by Gasteiger charge is -2.35. The molecule has 2 N–H and O–H groups in total. The molecular weight excluding hydrogens is 366 g/mol. The lowest BCUT2D eigenvalue weighted by molar-refractivity contribution is -0.118. The highest BCUT2D eigenvalue weighted by Crippen LogP contribution is 2.24. The van der Waals surface area contributed by atoms with Gasteiger partial charge in [0.15, 0.2) is 0 Å². The second-order valence-corrected chi connectivity index (χ2v) is 7.08. The number of aromatic nitrogens is 2. The lowest BCUT2D eigenvalue weighted by Crippen LogP contribution is -2.49. The van der Waals surface area contributed by atoms with Crippen LogP contribution in [-0.2, 0) is 11.8 Å². The van der Waals surface area contributed by atoms with Crippen LogP contribution in [0.2, 0.25) is 0 Å². The monoisotopic (exact) mass is 391 g/mol. The maximum atomic E-state index is 12.7. The molecule has 1 fully saturated rings. The van der Waals surface area contributed by atoms with Crippen LogP contribution in [0.3, 0.4) is 0 Å². The molecule has 1 aliphatic rings. The molecule has 1 aromatic heterocycles. The normalized spacial score (nSPS) is 17.1. The van der Waals surface area contributed by atoms with Crippen LogP contribution < -0.4 is 15.4 Å². The molecule has 1 unspecified atom stereocenters. The fraction of sp³-hybridized carbons (Fsp3) is 0.273. The summed E-state index contributed by atoms with van der Waals surface area (Å²) in [6.45, 7) is 2.73. The number of piperazine rings is 1. The molecule has 7 heteroatoms. The number of benzene rings is 2. The lowest BCUT2D eigenvalue weighted by atomic mass is 10.1. The third kappa shape index (κ3) is 4.82. The molecule has 2 heterocycles. The number of amides is 1. The number of ether oxygens (including phenoxy) is 1. The molecule has 7 nitrogen and oxygen atoms in total. The van der Waals surface area contributed by atoms with Gasteiger partial charge in [0.2, 0.25) is 5.91 Å². The predicted octanol–water partition coefficient (Wildman–Crippen LogP) is 2.80. The number of para-hydroxylation sites is 1. The van der Waals surface area contributed by atoms with Gasteiger partial charge in [-0.25, -0.2) is 4.98 Å². The predicted molar refractivity (Wildman–Crippen MR) is 112 cm³/mol. The number of anilines is 1. The zero-order chi connectivity index (χ0) is 20.1. The van der Waals surface area contributed by atoms with Crippen molar-refractivity contribution < 1.29 is 9.53 Å². The molecule has 3 aromatic rings. The minimum Gasteiger partial charge on any atom is -0.457 e. The van der Waals surface area contributed by atoms with E-state index in [0.29, 0.717) is 18.0 Å². The number of rotatable bonds is 6. The number of carbonyl (C=O) groups excluding carboxylic acids is 1. The summed E-state index contributed by atoms with van der Waals surface area (Å²) in [5.41, 5.74) is 0.715. The molecule has 0 radical (unpaired) electrons. The minimum absolute atomic E-state index is 0.0528. The molecule has 2 aromatic carbocycles. The Balaban J connectivity index is 1.40. The zero-order valence-corrected chi connectivity index (χ0v) is 16.4. The summed E-state index contributed by atoms with van der Waals surface area (Å²) < 4.78 is 7.86. The Bertz CT molecular complexity index is 957. The molecule has 150 valence electrons. The first kappa shape index (κ1) is 19.2. The molecule has 4 rings (SSSR count). The van der Waals surface area contributed by atoms with E-state index in [1.165, 1.54) is 0 Å². The fourth-order valence-electron chi connectivity index (χ4n) is 3.54. The van der Waals surface area contributed by atoms with Gasteiger partial charge in [0.1, 0.15) is 17.3 Å². The van der Waals surface area contributed by atoms with Gasteiger partial charge in [0, 0.05) is 50.8 Å². The summed E-state index contributed by atoms with van der Waals surface area (Å²) in [5.74, 6) is 2.35. The van der Waals surface area contributed by atoms with E-state index in [1.54, 1.807) is 6.20 Å². The van der Waals surface area contributed by atoms with Gasteiger partial charge >= 0.3 is 0 Å². The SMILES string of the molecule is Cn1ccnc1C1CNCCN1CC(=O)Nc1cccc(Oc2ccccc2)c1. The van der Waals surface area contributed by atoms with Gasteiger partial charge in [0.25, 0.3) is 0 Å². The zero-order valence-electron chi connectivity index (χ0n) is 16.4. The summed E-state index contributed by atoms with van der Waals surface area (Å²) in [7, 11) is 1.98. The summed E-state index contributed by atoms with van der Waals surface area (Å²) in [6, 6.07) is 17.1. The van der Waals surface area contributed by atoms with Crippen molar-refractivity contribution in [3.05, 3.63) is 72.8 Å². The third-order valence-electron chi connectivity index (χ3n) is 4.95. The van der Waals surface area contributed by atoms with Gasteiger partial charge in [-0.3, -0.25) is 9.69 Å². The van der Waals surface area contributed by atoms with Crippen molar-refractivity contribution in [3.63, 3.8) is 0 Å². The van der Waals surface area contributed by atoms with E-state index in [0.717, 1.165) is 31.2 Å². The number of nitrogens with one attached hydrogen (secondary N) is 2. The number of aryl methyl sites for hydroxylation is 1. The summed E-state index contributed by atoms with van der Waals surface area (Å²) in [4.78, 5) is 19.3. The van der Waals surface area contributed by atoms with Crippen molar-refractivity contribution in [3.8, 4) is 11.5 Å². The van der Waals surface area contributed by atoms with Gasteiger partial charge in [-0.2, -0.15) is 0 Å². The Morgan fingerprint density at radius 1 is 1.21 bits per heavy atom. The number of nitrogens with zero attached hydrogens (tertiary/aromatic N) is 3. The molecule has 0 bridgehead atoms. The molecular formula is C22H25N5O2. The molecule has 0 aliphatic carbocycles. The highest BCUT2D eigenvalue weighted by molar-refractivity contribution is 5.92. The maximum Gasteiger partial charge on any atom is 0.238 e. The number of hydrogen-bond acceptors (Lipinski definition) is 5. The van der Waals surface area contributed by atoms with Crippen molar-refractivity contribution in [1.82, 2.24) is 19.8 Å². The van der Waals surface area contributed by atoms with Crippen LogP contribution in [0.25, 0.3) is 0 Å². The number of carbonyl (C=O) groups is 1. The molecule has 0 saturated carbocycles. The van der Waals surface area contributed by atoms with Gasteiger partial charge in [-0.1, -0.05) is 24.3 Å². The van der Waals surface area contributed by atoms with Gasteiger partial charge in [-0.05, 0) is 24.3 Å². The topological polar surface area (TPSA) is 71.4 Å². The van der Waals surface area contributed by atoms with E-state index in [2.05, 4.69) is 20.5 Å². The standard InChI is InChI=1S/C22H25N5O2/c1-26-12-11-24-22(26)20-15-23-10-13-27(20)16-21(28)25-17-6-5-9-19(14-17)29-18-7-3-2-4-8-18/h2-9,11-12,14,20,23H,10,13,15-16H2,1H3,(H,25,28). The second kappa shape index (κ2) is 8.89. The van der Waals surface area contributed by atoms with E-state index in [1.807, 2.05) is 72.4 Å². The van der Waals surface area contributed by atoms with Crippen LogP contribution in [0.4, 0.5) is 5.69 Å². The Labute approximate surface area is 170 Å². The molecule has 1 atom stereocenters. The average Bonchev–Trinajstić information content (AvgIpc) is 3.15. The smallest absolute Gasteiger partial charge is 0.238 e. The van der Waals surface area contributed by atoms with Crippen LogP contribution in [0.5, 0.6) is 11.5 Å². The fourth-order valence-corrected chi connectivity index (χ4v) is 3.54. The second-order valence-electron chi connectivity index (χ2n) is 7.08. The Kier molecular flexibility index (Phi) is 5.88. The number of hydrogen-bond donors (Lipinski definition) is 2. The Morgan fingerprint density at radius 3 is 2.83 bits per heavy atom. The quantitative estimate of drug-likeness (QED) is 0.676. The highest BCUT2D eigenvalue weighted by Gasteiger charge is 2.28. The van der Waals surface area contributed by atoms with E-state index in [9.17, 15) is 4.79 Å². The van der Waals surface area contributed by atoms with Crippen molar-refractivity contribution in [2.75, 3.05) is 31.5 Å². The van der Waals surface area contributed by atoms with E-state index >= 15 is 0 Å². The van der Waals surface area contributed by atoms with Crippen LogP contribution in [-0.4, -0.2) is 46.5 Å². The molecule has 1 amide bonds. The number of imidazole rings is 1. The van der Waals surface area contributed by atoms with Gasteiger partial charge in [-0.15, -0.1) is 0 Å². The van der Waals surface area contributed by atoms with Gasteiger partial charge in [0.05, 0.1) is 12.6 Å². The van der Waals surface area contributed by atoms with Crippen LogP contribution >= 0.6 is 0 Å². The van der Waals surface area contributed by atoms with Crippen molar-refractivity contribution in [2.45, 2.75) is 6.04 Å². The highest BCUT2D eigenvalue weighted by atomic mass is 16.5. The van der Waals surface area contributed by atoms with Crippen molar-refractivity contribution >= 4 is 11.6 Å². The van der Waals surface area contributed by atoms with Crippen LogP contribution in [0, 0.1) is 0 Å². The molecule has 29 heavy (non-hydrogen) atoms. The first-order valence-electron chi connectivity index (χ1n) is 9.74. The summed E-state index contributed by atoms with van der Waals surface area (Å²) >= 11 is 0. The van der Waals surface area contributed by atoms with Crippen LogP contribution in [0.1, 0.15) is 11.9 Å². The maximum absolute atomic E-state index is 12.7. The molecule has 0 spiro atoms. The first-order chi connectivity index (χ1) is 14.2. The van der Waals surface area contributed by atoms with E-state index < -0.39 is 0 Å². The Morgan fingerprint density at radius 2 is 2.03 bits per heavy atom. The van der Waals surface area contributed by atoms with E-state index in [4.69, 9.17) is 4.74 Å². The summed E-state index contributed by atoms with van der Waals surface area (Å²) in [6.07, 6.45) is 3.72. The summed E-state index contributed by atoms with van der Waals surface area (Å²) in [5, 5.41) is 6.38. The van der Waals surface area contributed by atoms with Crippen LogP contribution in [0.15, 0.2) is 67.0 Å². The van der Waals surface area contributed by atoms with Gasteiger partial charge < -0.3 is 19.9 Å². The van der Waals surface area contributed by atoms with Crippen molar-refractivity contribution in [1.29, 1.82) is 0 Å². The van der Waals surface area contributed by atoms with Crippen molar-refractivity contribution in [2.24, 2.45) is 7.05 Å². The minimum atomic E-state index is -0.0528. The average molecular weight is 391 g/mol.